The van der Waals surface area contributed by atoms with Gasteiger partial charge in [-0.05, 0) is 0 Å². The lowest BCUT2D eigenvalue weighted by molar-refractivity contribution is -0.0463. The molecule has 0 spiro atoms. The molecule has 7 heteroatoms. The summed E-state index contributed by atoms with van der Waals surface area (Å²) >= 11 is 0. The molecule has 1 rings (SSSR count). The Morgan fingerprint density at radius 3 is 2.06 bits per heavy atom. The Morgan fingerprint density at radius 2 is 1.69 bits per heavy atom. The molecule has 1 fully saturated rings. The minimum atomic E-state index is -0.113. The SMILES string of the molecule is COCN1CN(CCO)CN(COC)C1=O. The number of amides is 2. The fourth-order valence-corrected chi connectivity index (χ4v) is 1.64. The van der Waals surface area contributed by atoms with Gasteiger partial charge in [0.1, 0.15) is 13.5 Å². The van der Waals surface area contributed by atoms with Crippen LogP contribution in [0.15, 0.2) is 0 Å². The molecule has 0 aromatic carbocycles. The predicted octanol–water partition coefficient (Wildman–Crippen LogP) is -0.859. The van der Waals surface area contributed by atoms with Crippen molar-refractivity contribution in [3.8, 4) is 0 Å². The third-order valence-electron chi connectivity index (χ3n) is 2.27. The number of nitrogens with zero attached hydrogens (tertiary/aromatic N) is 3. The highest BCUT2D eigenvalue weighted by Gasteiger charge is 2.29. The molecule has 1 aliphatic rings. The highest BCUT2D eigenvalue weighted by atomic mass is 16.5. The van der Waals surface area contributed by atoms with Crippen LogP contribution in [0.25, 0.3) is 0 Å². The average Bonchev–Trinajstić information content (AvgIpc) is 2.26. The molecule has 1 saturated heterocycles. The van der Waals surface area contributed by atoms with Crippen LogP contribution < -0.4 is 0 Å². The van der Waals surface area contributed by atoms with Gasteiger partial charge >= 0.3 is 6.03 Å². The maximum atomic E-state index is 11.9. The standard InChI is InChI=1S/C9H19N3O4/c1-15-7-11-5-10(3-4-13)6-12(8-16-2)9(11)14/h13H,3-8H2,1-2H3. The number of rotatable bonds is 6. The van der Waals surface area contributed by atoms with Crippen molar-refractivity contribution in [1.29, 1.82) is 0 Å². The van der Waals surface area contributed by atoms with Crippen LogP contribution in [0.3, 0.4) is 0 Å². The van der Waals surface area contributed by atoms with Crippen molar-refractivity contribution in [2.45, 2.75) is 0 Å². The van der Waals surface area contributed by atoms with Crippen LogP contribution in [0.5, 0.6) is 0 Å². The first-order chi connectivity index (χ1) is 7.72. The zero-order valence-corrected chi connectivity index (χ0v) is 9.76. The van der Waals surface area contributed by atoms with Crippen molar-refractivity contribution < 1.29 is 19.4 Å². The topological polar surface area (TPSA) is 65.5 Å². The van der Waals surface area contributed by atoms with Gasteiger partial charge in [0.2, 0.25) is 0 Å². The average molecular weight is 233 g/mol. The minimum Gasteiger partial charge on any atom is -0.395 e. The van der Waals surface area contributed by atoms with Gasteiger partial charge in [0.25, 0.3) is 0 Å². The second-order valence-electron chi connectivity index (χ2n) is 3.60. The third kappa shape index (κ3) is 3.31. The molecule has 7 nitrogen and oxygen atoms in total. The molecular weight excluding hydrogens is 214 g/mol. The van der Waals surface area contributed by atoms with Crippen LogP contribution in [0.2, 0.25) is 0 Å². The van der Waals surface area contributed by atoms with Crippen molar-refractivity contribution in [3.05, 3.63) is 0 Å². The van der Waals surface area contributed by atoms with Crippen molar-refractivity contribution >= 4 is 6.03 Å². The van der Waals surface area contributed by atoms with Crippen LogP contribution in [0.4, 0.5) is 4.79 Å². The molecule has 2 amide bonds. The number of ether oxygens (including phenoxy) is 2. The van der Waals surface area contributed by atoms with E-state index in [9.17, 15) is 4.79 Å². The summed E-state index contributed by atoms with van der Waals surface area (Å²) in [5.74, 6) is 0. The van der Waals surface area contributed by atoms with Crippen LogP contribution >= 0.6 is 0 Å². The first-order valence-corrected chi connectivity index (χ1v) is 5.08. The molecule has 94 valence electrons. The van der Waals surface area contributed by atoms with E-state index < -0.39 is 0 Å². The molecular formula is C9H19N3O4. The van der Waals surface area contributed by atoms with Crippen LogP contribution in [-0.2, 0) is 9.47 Å². The molecule has 0 atom stereocenters. The van der Waals surface area contributed by atoms with E-state index in [1.165, 1.54) is 0 Å². The predicted molar refractivity (Wildman–Crippen MR) is 56.4 cm³/mol. The summed E-state index contributed by atoms with van der Waals surface area (Å²) in [7, 11) is 3.08. The largest absolute Gasteiger partial charge is 0.395 e. The van der Waals surface area contributed by atoms with Gasteiger partial charge < -0.3 is 14.6 Å². The number of hydrogen-bond donors (Lipinski definition) is 1. The minimum absolute atomic E-state index is 0.0653. The van der Waals surface area contributed by atoms with Gasteiger partial charge in [-0.3, -0.25) is 14.7 Å². The normalized spacial score (nSPS) is 18.3. The van der Waals surface area contributed by atoms with E-state index in [4.69, 9.17) is 14.6 Å². The molecule has 0 aromatic rings. The lowest BCUT2D eigenvalue weighted by atomic mass is 10.5. The van der Waals surface area contributed by atoms with E-state index in [2.05, 4.69) is 0 Å². The zero-order chi connectivity index (χ0) is 12.0. The lowest BCUT2D eigenvalue weighted by Gasteiger charge is -2.41. The molecule has 0 aliphatic carbocycles. The summed E-state index contributed by atoms with van der Waals surface area (Å²) in [6, 6.07) is -0.113. The van der Waals surface area contributed by atoms with Gasteiger partial charge in [0.15, 0.2) is 0 Å². The van der Waals surface area contributed by atoms with Gasteiger partial charge in [-0.2, -0.15) is 0 Å². The van der Waals surface area contributed by atoms with E-state index in [0.29, 0.717) is 19.9 Å². The van der Waals surface area contributed by atoms with E-state index in [1.807, 2.05) is 4.90 Å². The fourth-order valence-electron chi connectivity index (χ4n) is 1.64. The Hall–Kier alpha value is -0.890. The highest BCUT2D eigenvalue weighted by Crippen LogP contribution is 2.09. The van der Waals surface area contributed by atoms with E-state index in [0.717, 1.165) is 0 Å². The number of urea groups is 1. The monoisotopic (exact) mass is 233 g/mol. The number of hydrogen-bond acceptors (Lipinski definition) is 5. The number of carbonyl (C=O) groups is 1. The Bertz CT molecular complexity index is 209. The van der Waals surface area contributed by atoms with Crippen molar-refractivity contribution in [2.24, 2.45) is 0 Å². The maximum Gasteiger partial charge on any atom is 0.325 e. The second-order valence-corrected chi connectivity index (χ2v) is 3.60. The van der Waals surface area contributed by atoms with E-state index in [-0.39, 0.29) is 26.1 Å². The molecule has 1 heterocycles. The fraction of sp³-hybridized carbons (Fsp3) is 0.889. The summed E-state index contributed by atoms with van der Waals surface area (Å²) in [6.07, 6.45) is 0. The van der Waals surface area contributed by atoms with Crippen LogP contribution in [0, 0.1) is 0 Å². The van der Waals surface area contributed by atoms with Crippen LogP contribution in [-0.4, -0.2) is 80.0 Å². The lowest BCUT2D eigenvalue weighted by Crippen LogP contribution is -2.59. The van der Waals surface area contributed by atoms with Gasteiger partial charge in [-0.25, -0.2) is 4.79 Å². The first-order valence-electron chi connectivity index (χ1n) is 5.08. The number of aliphatic hydroxyl groups excluding tert-OH is 1. The maximum absolute atomic E-state index is 11.9. The molecule has 1 N–H and O–H groups in total. The number of carbonyl (C=O) groups excluding carboxylic acids is 1. The van der Waals surface area contributed by atoms with Gasteiger partial charge in [0.05, 0.1) is 19.9 Å². The third-order valence-corrected chi connectivity index (χ3v) is 2.27. The van der Waals surface area contributed by atoms with Gasteiger partial charge in [0, 0.05) is 20.8 Å². The first kappa shape index (κ1) is 13.2. The Labute approximate surface area is 95.1 Å². The molecule has 0 aromatic heterocycles. The van der Waals surface area contributed by atoms with Crippen LogP contribution in [0.1, 0.15) is 0 Å². The molecule has 0 radical (unpaired) electrons. The summed E-state index contributed by atoms with van der Waals surface area (Å²) in [4.78, 5) is 16.9. The zero-order valence-electron chi connectivity index (χ0n) is 9.76. The quantitative estimate of drug-likeness (QED) is 0.647. The molecule has 16 heavy (non-hydrogen) atoms. The molecule has 0 unspecified atom stereocenters. The summed E-state index contributed by atoms with van der Waals surface area (Å²) in [5.41, 5.74) is 0. The summed E-state index contributed by atoms with van der Waals surface area (Å²) in [6.45, 7) is 1.99. The molecule has 1 aliphatic heterocycles. The van der Waals surface area contributed by atoms with Crippen molar-refractivity contribution in [1.82, 2.24) is 14.7 Å². The van der Waals surface area contributed by atoms with E-state index in [1.54, 1.807) is 24.0 Å². The highest BCUT2D eigenvalue weighted by molar-refractivity contribution is 5.74. The Morgan fingerprint density at radius 1 is 1.19 bits per heavy atom. The smallest absolute Gasteiger partial charge is 0.325 e. The van der Waals surface area contributed by atoms with Gasteiger partial charge in [-0.15, -0.1) is 0 Å². The number of aliphatic hydroxyl groups is 1. The van der Waals surface area contributed by atoms with Gasteiger partial charge in [-0.1, -0.05) is 0 Å². The Kier molecular flexibility index (Phi) is 5.47. The number of β-amino-alcohol motifs (C(OH)–C–C–N with tert-alkyl or cyclic N) is 1. The Balaban J connectivity index is 2.59. The van der Waals surface area contributed by atoms with Crippen molar-refractivity contribution in [3.63, 3.8) is 0 Å². The summed E-state index contributed by atoms with van der Waals surface area (Å²) < 4.78 is 9.91. The summed E-state index contributed by atoms with van der Waals surface area (Å²) in [5, 5.41) is 8.89. The molecule has 0 saturated carbocycles. The van der Waals surface area contributed by atoms with E-state index >= 15 is 0 Å². The second kappa shape index (κ2) is 6.64. The van der Waals surface area contributed by atoms with Crippen molar-refractivity contribution in [2.75, 3.05) is 54.2 Å². The molecule has 0 bridgehead atoms. The number of methoxy groups -OCH3 is 2.